The lowest BCUT2D eigenvalue weighted by Crippen LogP contribution is -2.35. The Morgan fingerprint density at radius 3 is 2.42 bits per heavy atom. The summed E-state index contributed by atoms with van der Waals surface area (Å²) in [7, 11) is 0. The van der Waals surface area contributed by atoms with E-state index in [4.69, 9.17) is 0 Å². The normalized spacial score (nSPS) is 18.1. The van der Waals surface area contributed by atoms with Crippen molar-refractivity contribution in [1.82, 2.24) is 10.2 Å². The number of carbonyl (C=O) groups excluding carboxylic acids is 2. The van der Waals surface area contributed by atoms with E-state index in [9.17, 15) is 14.0 Å². The fraction of sp³-hybridized carbons (Fsp3) is 0.231. The Kier molecular flexibility index (Phi) is 6.12. The number of hydrogen-bond donors (Lipinski definition) is 1. The SMILES string of the molecule is Cc1ccc(C(=O)N2C[C@@H](C(=O)NCc3ccccc3)[C@H](c3cccc(F)c3)C2)cc1. The molecule has 2 amide bonds. The van der Waals surface area contributed by atoms with Gasteiger partial charge in [0.2, 0.25) is 5.91 Å². The molecule has 31 heavy (non-hydrogen) atoms. The van der Waals surface area contributed by atoms with Crippen LogP contribution in [0, 0.1) is 18.7 Å². The van der Waals surface area contributed by atoms with Crippen LogP contribution in [0.1, 0.15) is 33.0 Å². The Labute approximate surface area is 181 Å². The molecule has 3 aromatic carbocycles. The largest absolute Gasteiger partial charge is 0.352 e. The van der Waals surface area contributed by atoms with E-state index < -0.39 is 5.92 Å². The molecular weight excluding hydrogens is 391 g/mol. The summed E-state index contributed by atoms with van der Waals surface area (Å²) in [6.45, 7) is 3.06. The number of nitrogens with zero attached hydrogens (tertiary/aromatic N) is 1. The van der Waals surface area contributed by atoms with Crippen LogP contribution in [0.5, 0.6) is 0 Å². The van der Waals surface area contributed by atoms with Crippen molar-refractivity contribution in [2.45, 2.75) is 19.4 Å². The molecule has 5 heteroatoms. The number of benzene rings is 3. The van der Waals surface area contributed by atoms with Crippen molar-refractivity contribution in [3.05, 3.63) is 107 Å². The van der Waals surface area contributed by atoms with Gasteiger partial charge < -0.3 is 10.2 Å². The van der Waals surface area contributed by atoms with E-state index in [-0.39, 0.29) is 23.5 Å². The van der Waals surface area contributed by atoms with Gasteiger partial charge in [-0.05, 0) is 42.3 Å². The van der Waals surface area contributed by atoms with Crippen LogP contribution < -0.4 is 5.32 Å². The molecule has 2 atom stereocenters. The maximum atomic E-state index is 13.9. The van der Waals surface area contributed by atoms with Gasteiger partial charge in [-0.15, -0.1) is 0 Å². The zero-order chi connectivity index (χ0) is 21.8. The summed E-state index contributed by atoms with van der Waals surface area (Å²) in [4.78, 5) is 27.9. The number of hydrogen-bond acceptors (Lipinski definition) is 2. The summed E-state index contributed by atoms with van der Waals surface area (Å²) in [6.07, 6.45) is 0. The number of likely N-dealkylation sites (tertiary alicyclic amines) is 1. The Bertz CT molecular complexity index is 1070. The standard InChI is InChI=1S/C26H25FN2O2/c1-18-10-12-20(13-11-18)26(31)29-16-23(21-8-5-9-22(27)14-21)24(17-29)25(30)28-15-19-6-3-2-4-7-19/h2-14,23-24H,15-17H2,1H3,(H,28,30)/t23-,24+/m0/s1. The van der Waals surface area contributed by atoms with Crippen molar-refractivity contribution in [3.63, 3.8) is 0 Å². The highest BCUT2D eigenvalue weighted by molar-refractivity contribution is 5.95. The van der Waals surface area contributed by atoms with Crippen LogP contribution in [-0.2, 0) is 11.3 Å². The highest BCUT2D eigenvalue weighted by Crippen LogP contribution is 2.34. The summed E-state index contributed by atoms with van der Waals surface area (Å²) < 4.78 is 13.9. The summed E-state index contributed by atoms with van der Waals surface area (Å²) >= 11 is 0. The number of carbonyl (C=O) groups is 2. The summed E-state index contributed by atoms with van der Waals surface area (Å²) in [6, 6.07) is 23.4. The van der Waals surface area contributed by atoms with Crippen molar-refractivity contribution < 1.29 is 14.0 Å². The minimum Gasteiger partial charge on any atom is -0.352 e. The number of rotatable bonds is 5. The average Bonchev–Trinajstić information content (AvgIpc) is 3.24. The molecule has 0 saturated carbocycles. The molecule has 1 heterocycles. The van der Waals surface area contributed by atoms with Gasteiger partial charge in [0.25, 0.3) is 5.91 Å². The first-order chi connectivity index (χ1) is 15.0. The van der Waals surface area contributed by atoms with E-state index in [1.807, 2.05) is 55.5 Å². The van der Waals surface area contributed by atoms with Gasteiger partial charge in [0.15, 0.2) is 0 Å². The van der Waals surface area contributed by atoms with Crippen LogP contribution in [0.25, 0.3) is 0 Å². The second-order valence-electron chi connectivity index (χ2n) is 8.05. The molecule has 4 nitrogen and oxygen atoms in total. The molecule has 1 saturated heterocycles. The number of amides is 2. The average molecular weight is 416 g/mol. The predicted molar refractivity (Wildman–Crippen MR) is 118 cm³/mol. The van der Waals surface area contributed by atoms with Gasteiger partial charge in [-0.2, -0.15) is 0 Å². The molecule has 1 N–H and O–H groups in total. The highest BCUT2D eigenvalue weighted by atomic mass is 19.1. The monoisotopic (exact) mass is 416 g/mol. The predicted octanol–water partition coefficient (Wildman–Crippen LogP) is 4.31. The van der Waals surface area contributed by atoms with Gasteiger partial charge in [-0.25, -0.2) is 4.39 Å². The smallest absolute Gasteiger partial charge is 0.253 e. The maximum Gasteiger partial charge on any atom is 0.253 e. The third-order valence-electron chi connectivity index (χ3n) is 5.83. The van der Waals surface area contributed by atoms with Gasteiger partial charge in [-0.1, -0.05) is 60.2 Å². The minimum absolute atomic E-state index is 0.111. The van der Waals surface area contributed by atoms with E-state index in [1.165, 1.54) is 12.1 Å². The molecule has 3 aromatic rings. The van der Waals surface area contributed by atoms with Crippen molar-refractivity contribution in [2.24, 2.45) is 5.92 Å². The van der Waals surface area contributed by atoms with E-state index >= 15 is 0 Å². The van der Waals surface area contributed by atoms with Gasteiger partial charge in [0.1, 0.15) is 5.82 Å². The van der Waals surface area contributed by atoms with E-state index in [2.05, 4.69) is 5.32 Å². The molecule has 0 radical (unpaired) electrons. The second kappa shape index (κ2) is 9.13. The molecule has 1 aliphatic rings. The van der Waals surface area contributed by atoms with Crippen LogP contribution in [0.4, 0.5) is 4.39 Å². The van der Waals surface area contributed by atoms with Crippen molar-refractivity contribution in [2.75, 3.05) is 13.1 Å². The zero-order valence-corrected chi connectivity index (χ0v) is 17.4. The molecule has 0 aromatic heterocycles. The molecule has 0 aliphatic carbocycles. The minimum atomic E-state index is -0.445. The van der Waals surface area contributed by atoms with Gasteiger partial charge in [0, 0.05) is 31.1 Å². The van der Waals surface area contributed by atoms with Gasteiger partial charge in [-0.3, -0.25) is 9.59 Å². The molecule has 0 bridgehead atoms. The van der Waals surface area contributed by atoms with Crippen LogP contribution in [0.3, 0.4) is 0 Å². The Balaban J connectivity index is 1.55. The van der Waals surface area contributed by atoms with Crippen LogP contribution >= 0.6 is 0 Å². The molecule has 1 aliphatic heterocycles. The van der Waals surface area contributed by atoms with Crippen molar-refractivity contribution in [1.29, 1.82) is 0 Å². The summed E-state index contributed by atoms with van der Waals surface area (Å²) in [5.74, 6) is -1.29. The topological polar surface area (TPSA) is 49.4 Å². The van der Waals surface area contributed by atoms with Gasteiger partial charge >= 0.3 is 0 Å². The lowest BCUT2D eigenvalue weighted by atomic mass is 9.88. The first-order valence-electron chi connectivity index (χ1n) is 10.4. The van der Waals surface area contributed by atoms with Crippen LogP contribution in [-0.4, -0.2) is 29.8 Å². The Hall–Kier alpha value is -3.47. The fourth-order valence-corrected chi connectivity index (χ4v) is 4.11. The van der Waals surface area contributed by atoms with E-state index in [0.29, 0.717) is 25.2 Å². The maximum absolute atomic E-state index is 13.9. The van der Waals surface area contributed by atoms with E-state index in [1.54, 1.807) is 23.1 Å². The molecule has 0 spiro atoms. The number of aryl methyl sites for hydroxylation is 1. The van der Waals surface area contributed by atoms with Crippen molar-refractivity contribution >= 4 is 11.8 Å². The summed E-state index contributed by atoms with van der Waals surface area (Å²) in [5, 5.41) is 2.99. The molecule has 4 rings (SSSR count). The molecule has 0 unspecified atom stereocenters. The van der Waals surface area contributed by atoms with Crippen LogP contribution in [0.15, 0.2) is 78.9 Å². The highest BCUT2D eigenvalue weighted by Gasteiger charge is 2.40. The first-order valence-corrected chi connectivity index (χ1v) is 10.4. The van der Waals surface area contributed by atoms with Crippen LogP contribution in [0.2, 0.25) is 0 Å². The fourth-order valence-electron chi connectivity index (χ4n) is 4.11. The molecule has 158 valence electrons. The second-order valence-corrected chi connectivity index (χ2v) is 8.05. The van der Waals surface area contributed by atoms with E-state index in [0.717, 1.165) is 16.7 Å². The third kappa shape index (κ3) is 4.82. The Morgan fingerprint density at radius 2 is 1.71 bits per heavy atom. The summed E-state index contributed by atoms with van der Waals surface area (Å²) in [5.41, 5.74) is 3.41. The number of nitrogens with one attached hydrogen (secondary N) is 1. The number of halogens is 1. The molecular formula is C26H25FN2O2. The van der Waals surface area contributed by atoms with Gasteiger partial charge in [0.05, 0.1) is 5.92 Å². The first kappa shape index (κ1) is 20.8. The lowest BCUT2D eigenvalue weighted by molar-refractivity contribution is -0.125. The Morgan fingerprint density at radius 1 is 0.968 bits per heavy atom. The lowest BCUT2D eigenvalue weighted by Gasteiger charge is -2.18. The third-order valence-corrected chi connectivity index (χ3v) is 5.83. The molecule has 1 fully saturated rings. The van der Waals surface area contributed by atoms with Crippen molar-refractivity contribution in [3.8, 4) is 0 Å². The zero-order valence-electron chi connectivity index (χ0n) is 17.4. The quantitative estimate of drug-likeness (QED) is 0.674.